The Morgan fingerprint density at radius 2 is 1.89 bits per heavy atom. The highest BCUT2D eigenvalue weighted by atomic mass is 16.3. The monoisotopic (exact) mass is 256 g/mol. The van der Waals surface area contributed by atoms with Gasteiger partial charge in [0.1, 0.15) is 0 Å². The summed E-state index contributed by atoms with van der Waals surface area (Å²) in [6.45, 7) is 4.64. The second-order valence-corrected chi connectivity index (χ2v) is 4.84. The van der Waals surface area contributed by atoms with Crippen molar-refractivity contribution in [1.29, 1.82) is 0 Å². The predicted octanol–water partition coefficient (Wildman–Crippen LogP) is 2.77. The van der Waals surface area contributed by atoms with Crippen molar-refractivity contribution in [2.24, 2.45) is 0 Å². The molecule has 0 spiro atoms. The smallest absolute Gasteiger partial charge is 0.0914 e. The quantitative estimate of drug-likeness (QED) is 0.864. The summed E-state index contributed by atoms with van der Waals surface area (Å²) in [5.74, 6) is 0. The minimum Gasteiger partial charge on any atom is -0.387 e. The largest absolute Gasteiger partial charge is 0.387 e. The maximum atomic E-state index is 10.1. The highest BCUT2D eigenvalue weighted by Crippen LogP contribution is 2.15. The zero-order valence-electron chi connectivity index (χ0n) is 11.4. The third kappa shape index (κ3) is 3.88. The summed E-state index contributed by atoms with van der Waals surface area (Å²) >= 11 is 0. The van der Waals surface area contributed by atoms with Crippen molar-refractivity contribution in [3.05, 3.63) is 65.5 Å². The van der Waals surface area contributed by atoms with Gasteiger partial charge in [0.15, 0.2) is 0 Å². The van der Waals surface area contributed by atoms with Gasteiger partial charge >= 0.3 is 0 Å². The molecule has 0 aliphatic heterocycles. The van der Waals surface area contributed by atoms with Gasteiger partial charge in [0, 0.05) is 25.0 Å². The van der Waals surface area contributed by atoms with E-state index >= 15 is 0 Å². The van der Waals surface area contributed by atoms with E-state index in [9.17, 15) is 5.11 Å². The van der Waals surface area contributed by atoms with Crippen LogP contribution in [0.25, 0.3) is 0 Å². The molecule has 2 aromatic rings. The van der Waals surface area contributed by atoms with Gasteiger partial charge < -0.3 is 10.4 Å². The van der Waals surface area contributed by atoms with Crippen LogP contribution in [0.15, 0.2) is 48.8 Å². The fraction of sp³-hybridized carbons (Fsp3) is 0.312. The van der Waals surface area contributed by atoms with E-state index in [0.717, 1.165) is 11.1 Å². The zero-order valence-corrected chi connectivity index (χ0v) is 11.4. The molecule has 0 radical (unpaired) electrons. The number of hydrogen-bond donors (Lipinski definition) is 2. The van der Waals surface area contributed by atoms with Gasteiger partial charge in [0.25, 0.3) is 0 Å². The maximum Gasteiger partial charge on any atom is 0.0914 e. The fourth-order valence-corrected chi connectivity index (χ4v) is 1.94. The molecule has 1 aromatic carbocycles. The summed E-state index contributed by atoms with van der Waals surface area (Å²) in [6.07, 6.45) is 3.12. The molecule has 2 rings (SSSR count). The van der Waals surface area contributed by atoms with Crippen LogP contribution in [0.1, 0.15) is 35.8 Å². The summed E-state index contributed by atoms with van der Waals surface area (Å²) in [6, 6.07) is 12.1. The van der Waals surface area contributed by atoms with Crippen molar-refractivity contribution >= 4 is 0 Å². The molecule has 0 fully saturated rings. The van der Waals surface area contributed by atoms with Crippen LogP contribution in [0.2, 0.25) is 0 Å². The topological polar surface area (TPSA) is 45.1 Å². The maximum absolute atomic E-state index is 10.1. The molecule has 19 heavy (non-hydrogen) atoms. The van der Waals surface area contributed by atoms with Crippen LogP contribution < -0.4 is 5.32 Å². The molecule has 0 saturated carbocycles. The van der Waals surface area contributed by atoms with Crippen LogP contribution in [-0.2, 0) is 0 Å². The van der Waals surface area contributed by atoms with Crippen LogP contribution >= 0.6 is 0 Å². The van der Waals surface area contributed by atoms with E-state index in [4.69, 9.17) is 0 Å². The number of rotatable bonds is 5. The third-order valence-corrected chi connectivity index (χ3v) is 3.26. The Labute approximate surface area is 114 Å². The Balaban J connectivity index is 1.90. The predicted molar refractivity (Wildman–Crippen MR) is 76.8 cm³/mol. The van der Waals surface area contributed by atoms with E-state index in [2.05, 4.69) is 17.2 Å². The minimum absolute atomic E-state index is 0.175. The van der Waals surface area contributed by atoms with Gasteiger partial charge in [0.2, 0.25) is 0 Å². The lowest BCUT2D eigenvalue weighted by atomic mass is 10.1. The molecule has 1 heterocycles. The molecule has 2 N–H and O–H groups in total. The molecule has 0 bridgehead atoms. The first-order valence-corrected chi connectivity index (χ1v) is 6.55. The Bertz CT molecular complexity index is 496. The SMILES string of the molecule is Cc1ccc([C@@H](O)CN[C@H](C)c2cccnc2)cc1. The highest BCUT2D eigenvalue weighted by Gasteiger charge is 2.10. The van der Waals surface area contributed by atoms with Crippen molar-refractivity contribution in [3.8, 4) is 0 Å². The van der Waals surface area contributed by atoms with Crippen LogP contribution in [-0.4, -0.2) is 16.6 Å². The fourth-order valence-electron chi connectivity index (χ4n) is 1.94. The summed E-state index contributed by atoms with van der Waals surface area (Å²) in [5, 5.41) is 13.5. The third-order valence-electron chi connectivity index (χ3n) is 3.26. The number of aliphatic hydroxyl groups excluding tert-OH is 1. The molecule has 0 aliphatic carbocycles. The van der Waals surface area contributed by atoms with Gasteiger partial charge in [0.05, 0.1) is 6.10 Å². The van der Waals surface area contributed by atoms with E-state index < -0.39 is 6.10 Å². The number of pyridine rings is 1. The average Bonchev–Trinajstić information content (AvgIpc) is 2.46. The number of benzene rings is 1. The second-order valence-electron chi connectivity index (χ2n) is 4.84. The van der Waals surface area contributed by atoms with E-state index in [-0.39, 0.29) is 6.04 Å². The molecular formula is C16H20N2O. The number of aryl methyl sites for hydroxylation is 1. The van der Waals surface area contributed by atoms with Crippen molar-refractivity contribution in [2.75, 3.05) is 6.54 Å². The van der Waals surface area contributed by atoms with Crippen molar-refractivity contribution in [1.82, 2.24) is 10.3 Å². The number of nitrogens with zero attached hydrogens (tertiary/aromatic N) is 1. The molecule has 1 aromatic heterocycles. The molecule has 0 amide bonds. The first kappa shape index (κ1) is 13.7. The lowest BCUT2D eigenvalue weighted by molar-refractivity contribution is 0.171. The highest BCUT2D eigenvalue weighted by molar-refractivity contribution is 5.23. The van der Waals surface area contributed by atoms with Gasteiger partial charge in [-0.2, -0.15) is 0 Å². The van der Waals surface area contributed by atoms with Crippen molar-refractivity contribution in [2.45, 2.75) is 26.0 Å². The average molecular weight is 256 g/mol. The molecular weight excluding hydrogens is 236 g/mol. The molecule has 3 nitrogen and oxygen atoms in total. The van der Waals surface area contributed by atoms with Gasteiger partial charge in [-0.3, -0.25) is 4.98 Å². The molecule has 3 heteroatoms. The lowest BCUT2D eigenvalue weighted by Gasteiger charge is -2.17. The van der Waals surface area contributed by atoms with Gasteiger partial charge in [-0.25, -0.2) is 0 Å². The number of hydrogen-bond acceptors (Lipinski definition) is 3. The van der Waals surface area contributed by atoms with Crippen LogP contribution in [0.5, 0.6) is 0 Å². The molecule has 0 unspecified atom stereocenters. The second kappa shape index (κ2) is 6.45. The first-order chi connectivity index (χ1) is 9.16. The lowest BCUT2D eigenvalue weighted by Crippen LogP contribution is -2.24. The van der Waals surface area contributed by atoms with E-state index in [0.29, 0.717) is 6.54 Å². The standard InChI is InChI=1S/C16H20N2O/c1-12-5-7-14(8-6-12)16(19)11-18-13(2)15-4-3-9-17-10-15/h3-10,13,16,18-19H,11H2,1-2H3/t13-,16+/m1/s1. The van der Waals surface area contributed by atoms with E-state index in [1.54, 1.807) is 6.20 Å². The Hall–Kier alpha value is -1.71. The summed E-state index contributed by atoms with van der Waals surface area (Å²) in [5.41, 5.74) is 3.27. The Morgan fingerprint density at radius 1 is 1.16 bits per heavy atom. The summed E-state index contributed by atoms with van der Waals surface area (Å²) in [7, 11) is 0. The van der Waals surface area contributed by atoms with Gasteiger partial charge in [-0.1, -0.05) is 35.9 Å². The molecule has 0 saturated heterocycles. The normalized spacial score (nSPS) is 14.1. The van der Waals surface area contributed by atoms with Crippen LogP contribution in [0.3, 0.4) is 0 Å². The van der Waals surface area contributed by atoms with Crippen molar-refractivity contribution in [3.63, 3.8) is 0 Å². The van der Waals surface area contributed by atoms with Gasteiger partial charge in [-0.15, -0.1) is 0 Å². The van der Waals surface area contributed by atoms with Gasteiger partial charge in [-0.05, 0) is 31.0 Å². The molecule has 100 valence electrons. The molecule has 2 atom stereocenters. The molecule has 0 aliphatic rings. The Morgan fingerprint density at radius 3 is 2.53 bits per heavy atom. The number of aliphatic hydroxyl groups is 1. The summed E-state index contributed by atoms with van der Waals surface area (Å²) in [4.78, 5) is 4.10. The number of aromatic nitrogens is 1. The van der Waals surface area contributed by atoms with Crippen molar-refractivity contribution < 1.29 is 5.11 Å². The summed E-state index contributed by atoms with van der Waals surface area (Å²) < 4.78 is 0. The minimum atomic E-state index is -0.486. The van der Waals surface area contributed by atoms with E-state index in [1.807, 2.05) is 49.5 Å². The number of nitrogens with one attached hydrogen (secondary N) is 1. The van der Waals surface area contributed by atoms with Crippen LogP contribution in [0, 0.1) is 6.92 Å². The van der Waals surface area contributed by atoms with E-state index in [1.165, 1.54) is 5.56 Å². The van der Waals surface area contributed by atoms with Crippen LogP contribution in [0.4, 0.5) is 0 Å². The first-order valence-electron chi connectivity index (χ1n) is 6.55. The zero-order chi connectivity index (χ0) is 13.7. The Kier molecular flexibility index (Phi) is 4.66.